The number of hydrogen-bond donors (Lipinski definition) is 1. The molecule has 0 saturated heterocycles. The minimum absolute atomic E-state index is 0.00216. The highest BCUT2D eigenvalue weighted by Crippen LogP contribution is 2.33. The monoisotopic (exact) mass is 310 g/mol. The summed E-state index contributed by atoms with van der Waals surface area (Å²) in [5, 5.41) is 13.8. The van der Waals surface area contributed by atoms with E-state index in [2.05, 4.69) is 5.32 Å². The molecule has 21 heavy (non-hydrogen) atoms. The van der Waals surface area contributed by atoms with Crippen LogP contribution in [-0.2, 0) is 12.6 Å². The summed E-state index contributed by atoms with van der Waals surface area (Å²) in [5.41, 5.74) is -0.900. The van der Waals surface area contributed by atoms with Crippen LogP contribution in [0.3, 0.4) is 0 Å². The molecule has 1 heterocycles. The second-order valence-corrected chi connectivity index (χ2v) is 5.73. The van der Waals surface area contributed by atoms with Gasteiger partial charge in [-0.2, -0.15) is 18.4 Å². The predicted molar refractivity (Wildman–Crippen MR) is 77.3 cm³/mol. The van der Waals surface area contributed by atoms with Crippen molar-refractivity contribution in [3.8, 4) is 6.07 Å². The Morgan fingerprint density at radius 3 is 2.67 bits per heavy atom. The van der Waals surface area contributed by atoms with Crippen LogP contribution in [0.1, 0.15) is 22.9 Å². The first-order chi connectivity index (χ1) is 9.90. The fourth-order valence-corrected chi connectivity index (χ4v) is 2.87. The van der Waals surface area contributed by atoms with Gasteiger partial charge in [-0.15, -0.1) is 11.3 Å². The molecule has 2 nitrogen and oxygen atoms in total. The number of nitrogens with one attached hydrogen (secondary N) is 1. The first kappa shape index (κ1) is 15.4. The molecule has 0 aliphatic rings. The summed E-state index contributed by atoms with van der Waals surface area (Å²) in [6, 6.07) is 9.19. The number of halogens is 3. The number of anilines is 1. The zero-order chi connectivity index (χ0) is 15.5. The molecule has 0 radical (unpaired) electrons. The molecule has 2 aromatic rings. The number of nitriles is 1. The smallest absolute Gasteiger partial charge is 0.382 e. The van der Waals surface area contributed by atoms with Crippen LogP contribution in [0.4, 0.5) is 18.9 Å². The van der Waals surface area contributed by atoms with Crippen LogP contribution in [0.25, 0.3) is 0 Å². The molecule has 0 bridgehead atoms. The molecular weight excluding hydrogens is 297 g/mol. The van der Waals surface area contributed by atoms with Crippen LogP contribution in [0.15, 0.2) is 35.7 Å². The zero-order valence-electron chi connectivity index (χ0n) is 11.2. The van der Waals surface area contributed by atoms with E-state index in [1.807, 2.05) is 24.4 Å². The summed E-state index contributed by atoms with van der Waals surface area (Å²) in [6.07, 6.45) is -3.79. The number of alkyl halides is 3. The van der Waals surface area contributed by atoms with Crippen molar-refractivity contribution in [2.75, 3.05) is 5.32 Å². The molecule has 0 saturated carbocycles. The van der Waals surface area contributed by atoms with Crippen molar-refractivity contribution in [1.82, 2.24) is 0 Å². The van der Waals surface area contributed by atoms with E-state index in [1.165, 1.54) is 17.0 Å². The van der Waals surface area contributed by atoms with E-state index in [-0.39, 0.29) is 11.6 Å². The Kier molecular flexibility index (Phi) is 4.53. The lowest BCUT2D eigenvalue weighted by Gasteiger charge is -2.16. The quantitative estimate of drug-likeness (QED) is 0.890. The standard InChI is InChI=1S/C15H13F3N2S/c1-10(7-13-3-2-6-21-13)20-12-5-4-11(9-19)14(8-12)15(16,17)18/h2-6,8,10,20H,7H2,1H3. The zero-order valence-corrected chi connectivity index (χ0v) is 12.1. The Morgan fingerprint density at radius 2 is 2.10 bits per heavy atom. The number of thiophene rings is 1. The van der Waals surface area contributed by atoms with E-state index < -0.39 is 11.7 Å². The Bertz CT molecular complexity index is 642. The SMILES string of the molecule is CC(Cc1cccs1)Nc1ccc(C#N)c(C(F)(F)F)c1. The van der Waals surface area contributed by atoms with E-state index >= 15 is 0 Å². The van der Waals surface area contributed by atoms with Crippen LogP contribution in [0, 0.1) is 11.3 Å². The van der Waals surface area contributed by atoms with Gasteiger partial charge >= 0.3 is 6.18 Å². The molecule has 0 amide bonds. The molecule has 1 aromatic heterocycles. The topological polar surface area (TPSA) is 35.8 Å². The van der Waals surface area contributed by atoms with E-state index in [4.69, 9.17) is 5.26 Å². The number of hydrogen-bond acceptors (Lipinski definition) is 3. The summed E-state index contributed by atoms with van der Waals surface area (Å²) >= 11 is 1.61. The highest BCUT2D eigenvalue weighted by molar-refractivity contribution is 7.09. The summed E-state index contributed by atoms with van der Waals surface area (Å²) in [7, 11) is 0. The highest BCUT2D eigenvalue weighted by Gasteiger charge is 2.33. The van der Waals surface area contributed by atoms with Gasteiger partial charge in [-0.1, -0.05) is 6.07 Å². The van der Waals surface area contributed by atoms with Crippen molar-refractivity contribution in [3.63, 3.8) is 0 Å². The van der Waals surface area contributed by atoms with Gasteiger partial charge in [0.25, 0.3) is 0 Å². The van der Waals surface area contributed by atoms with Crippen LogP contribution in [-0.4, -0.2) is 6.04 Å². The summed E-state index contributed by atoms with van der Waals surface area (Å²) in [5.74, 6) is 0. The molecule has 1 aromatic carbocycles. The van der Waals surface area contributed by atoms with Crippen LogP contribution in [0.5, 0.6) is 0 Å². The summed E-state index contributed by atoms with van der Waals surface area (Å²) in [6.45, 7) is 1.91. The van der Waals surface area contributed by atoms with Gasteiger partial charge in [-0.3, -0.25) is 0 Å². The molecule has 0 aliphatic heterocycles. The molecule has 1 N–H and O–H groups in total. The van der Waals surface area contributed by atoms with Gasteiger partial charge in [-0.05, 0) is 36.6 Å². The summed E-state index contributed by atoms with van der Waals surface area (Å²) in [4.78, 5) is 1.17. The Morgan fingerprint density at radius 1 is 1.33 bits per heavy atom. The van der Waals surface area contributed by atoms with Crippen molar-refractivity contribution in [1.29, 1.82) is 5.26 Å². The Hall–Kier alpha value is -2.00. The van der Waals surface area contributed by atoms with Crippen LogP contribution < -0.4 is 5.32 Å². The average molecular weight is 310 g/mol. The molecule has 0 spiro atoms. The van der Waals surface area contributed by atoms with E-state index in [9.17, 15) is 13.2 Å². The van der Waals surface area contributed by atoms with E-state index in [0.29, 0.717) is 5.69 Å². The van der Waals surface area contributed by atoms with Gasteiger partial charge in [0.15, 0.2) is 0 Å². The van der Waals surface area contributed by atoms with Gasteiger partial charge in [0, 0.05) is 23.0 Å². The van der Waals surface area contributed by atoms with Crippen molar-refractivity contribution < 1.29 is 13.2 Å². The molecule has 1 unspecified atom stereocenters. The van der Waals surface area contributed by atoms with E-state index in [1.54, 1.807) is 17.4 Å². The second-order valence-electron chi connectivity index (χ2n) is 4.70. The molecule has 0 fully saturated rings. The third-order valence-corrected chi connectivity index (χ3v) is 3.84. The van der Waals surface area contributed by atoms with Crippen molar-refractivity contribution in [2.45, 2.75) is 25.6 Å². The molecular formula is C15H13F3N2S. The third-order valence-electron chi connectivity index (χ3n) is 2.95. The Labute approximate surface area is 124 Å². The normalized spacial score (nSPS) is 12.7. The molecule has 0 aliphatic carbocycles. The Balaban J connectivity index is 2.16. The molecule has 2 rings (SSSR count). The maximum absolute atomic E-state index is 12.9. The highest BCUT2D eigenvalue weighted by atomic mass is 32.1. The lowest BCUT2D eigenvalue weighted by atomic mass is 10.1. The van der Waals surface area contributed by atoms with Gasteiger partial charge in [0.1, 0.15) is 0 Å². The van der Waals surface area contributed by atoms with Crippen LogP contribution >= 0.6 is 11.3 Å². The van der Waals surface area contributed by atoms with Crippen molar-refractivity contribution >= 4 is 17.0 Å². The number of benzene rings is 1. The van der Waals surface area contributed by atoms with Gasteiger partial charge < -0.3 is 5.32 Å². The first-order valence-electron chi connectivity index (χ1n) is 6.30. The first-order valence-corrected chi connectivity index (χ1v) is 7.18. The lowest BCUT2D eigenvalue weighted by molar-refractivity contribution is -0.137. The lowest BCUT2D eigenvalue weighted by Crippen LogP contribution is -2.18. The fourth-order valence-electron chi connectivity index (χ4n) is 2.03. The fraction of sp³-hybridized carbons (Fsp3) is 0.267. The number of rotatable bonds is 4. The number of nitrogens with zero attached hydrogens (tertiary/aromatic N) is 1. The minimum Gasteiger partial charge on any atom is -0.382 e. The molecule has 1 atom stereocenters. The third kappa shape index (κ3) is 3.99. The second kappa shape index (κ2) is 6.19. The van der Waals surface area contributed by atoms with Crippen LogP contribution in [0.2, 0.25) is 0 Å². The molecule has 110 valence electrons. The minimum atomic E-state index is -4.53. The summed E-state index contributed by atoms with van der Waals surface area (Å²) < 4.78 is 38.6. The van der Waals surface area contributed by atoms with Gasteiger partial charge in [0.05, 0.1) is 17.2 Å². The van der Waals surface area contributed by atoms with Crippen molar-refractivity contribution in [3.05, 3.63) is 51.7 Å². The molecule has 6 heteroatoms. The maximum Gasteiger partial charge on any atom is 0.417 e. The maximum atomic E-state index is 12.9. The largest absolute Gasteiger partial charge is 0.417 e. The van der Waals surface area contributed by atoms with Crippen molar-refractivity contribution in [2.24, 2.45) is 0 Å². The van der Waals surface area contributed by atoms with E-state index in [0.717, 1.165) is 12.5 Å². The van der Waals surface area contributed by atoms with Gasteiger partial charge in [-0.25, -0.2) is 0 Å². The predicted octanol–water partition coefficient (Wildman–Crippen LogP) is 4.68. The van der Waals surface area contributed by atoms with Gasteiger partial charge in [0.2, 0.25) is 0 Å². The average Bonchev–Trinajstić information content (AvgIpc) is 2.90.